The monoisotopic (exact) mass is 352 g/mol. The first-order valence-electron chi connectivity index (χ1n) is 7.88. The first-order valence-corrected chi connectivity index (χ1v) is 7.88. The van der Waals surface area contributed by atoms with Crippen LogP contribution in [0.3, 0.4) is 0 Å². The number of halogens is 2. The lowest BCUT2D eigenvalue weighted by Gasteiger charge is -2.34. The van der Waals surface area contributed by atoms with E-state index in [-0.39, 0.29) is 29.8 Å². The third kappa shape index (κ3) is 3.70. The Labute approximate surface area is 142 Å². The second-order valence-electron chi connectivity index (χ2n) is 5.82. The third-order valence-corrected chi connectivity index (χ3v) is 4.16. The van der Waals surface area contributed by atoms with E-state index in [2.05, 4.69) is 5.10 Å². The molecule has 0 aromatic carbocycles. The van der Waals surface area contributed by atoms with Crippen molar-refractivity contribution in [1.29, 1.82) is 0 Å². The molecule has 3 rings (SSSR count). The maximum absolute atomic E-state index is 12.7. The third-order valence-electron chi connectivity index (χ3n) is 4.16. The van der Waals surface area contributed by atoms with Gasteiger partial charge in [0.2, 0.25) is 5.91 Å². The molecule has 2 aromatic rings. The number of rotatable bonds is 4. The van der Waals surface area contributed by atoms with E-state index in [0.29, 0.717) is 31.9 Å². The summed E-state index contributed by atoms with van der Waals surface area (Å²) in [5.74, 6) is -0.148. The summed E-state index contributed by atoms with van der Waals surface area (Å²) in [6, 6.07) is 4.52. The largest absolute Gasteiger partial charge is 0.459 e. The zero-order chi connectivity index (χ0) is 18.0. The molecular weight excluding hydrogens is 334 g/mol. The van der Waals surface area contributed by atoms with Crippen molar-refractivity contribution in [2.45, 2.75) is 19.9 Å². The zero-order valence-corrected chi connectivity index (χ0v) is 13.7. The van der Waals surface area contributed by atoms with Crippen LogP contribution in [0.2, 0.25) is 0 Å². The Morgan fingerprint density at radius 1 is 1.24 bits per heavy atom. The molecule has 7 nitrogen and oxygen atoms in total. The number of amides is 2. The second kappa shape index (κ2) is 7.04. The number of carbonyl (C=O) groups excluding carboxylic acids is 2. The van der Waals surface area contributed by atoms with E-state index in [1.807, 2.05) is 0 Å². The maximum atomic E-state index is 12.7. The average molecular weight is 352 g/mol. The van der Waals surface area contributed by atoms with Gasteiger partial charge in [-0.1, -0.05) is 0 Å². The van der Waals surface area contributed by atoms with Crippen molar-refractivity contribution in [3.63, 3.8) is 0 Å². The van der Waals surface area contributed by atoms with E-state index in [1.165, 1.54) is 17.0 Å². The van der Waals surface area contributed by atoms with Gasteiger partial charge in [-0.25, -0.2) is 8.78 Å². The number of piperazine rings is 1. The molecule has 0 N–H and O–H groups in total. The van der Waals surface area contributed by atoms with Crippen molar-refractivity contribution < 1.29 is 22.8 Å². The van der Waals surface area contributed by atoms with E-state index < -0.39 is 6.43 Å². The number of hydrogen-bond acceptors (Lipinski definition) is 4. The number of aryl methyl sites for hydroxylation is 1. The minimum atomic E-state index is -2.66. The summed E-state index contributed by atoms with van der Waals surface area (Å²) in [4.78, 5) is 27.8. The van der Waals surface area contributed by atoms with Gasteiger partial charge in [0.05, 0.1) is 6.26 Å². The number of carbonyl (C=O) groups is 2. The predicted octanol–water partition coefficient (Wildman–Crippen LogP) is 1.71. The Morgan fingerprint density at radius 2 is 1.92 bits per heavy atom. The number of hydrogen-bond donors (Lipinski definition) is 0. The molecule has 0 saturated carbocycles. The van der Waals surface area contributed by atoms with Crippen LogP contribution in [0.1, 0.15) is 28.4 Å². The molecule has 1 aliphatic heterocycles. The minimum absolute atomic E-state index is 0.0926. The zero-order valence-electron chi connectivity index (χ0n) is 13.7. The van der Waals surface area contributed by atoms with Crippen LogP contribution < -0.4 is 0 Å². The highest BCUT2D eigenvalue weighted by molar-refractivity contribution is 5.91. The van der Waals surface area contributed by atoms with Crippen molar-refractivity contribution in [2.24, 2.45) is 0 Å². The van der Waals surface area contributed by atoms with Gasteiger partial charge in [0, 0.05) is 31.9 Å². The Morgan fingerprint density at radius 3 is 2.48 bits per heavy atom. The highest BCUT2D eigenvalue weighted by Crippen LogP contribution is 2.18. The molecular formula is C16H18F2N4O3. The quantitative estimate of drug-likeness (QED) is 0.840. The summed E-state index contributed by atoms with van der Waals surface area (Å²) < 4.78 is 31.7. The van der Waals surface area contributed by atoms with Crippen LogP contribution in [0.4, 0.5) is 8.78 Å². The SMILES string of the molecule is Cc1cc(C(F)F)nn1CC(=O)N1CCN(C(=O)c2ccco2)CC1. The van der Waals surface area contributed by atoms with E-state index in [4.69, 9.17) is 4.42 Å². The molecule has 2 aromatic heterocycles. The number of alkyl halides is 2. The summed E-state index contributed by atoms with van der Waals surface area (Å²) in [7, 11) is 0. The lowest BCUT2D eigenvalue weighted by molar-refractivity contribution is -0.133. The van der Waals surface area contributed by atoms with Crippen LogP contribution in [0.15, 0.2) is 28.9 Å². The van der Waals surface area contributed by atoms with Crippen molar-refractivity contribution in [3.8, 4) is 0 Å². The van der Waals surface area contributed by atoms with E-state index in [9.17, 15) is 18.4 Å². The molecule has 1 fully saturated rings. The topological polar surface area (TPSA) is 71.6 Å². The lowest BCUT2D eigenvalue weighted by atomic mass is 10.2. The number of furan rings is 1. The minimum Gasteiger partial charge on any atom is -0.459 e. The molecule has 134 valence electrons. The Bertz CT molecular complexity index is 750. The molecule has 0 spiro atoms. The van der Waals surface area contributed by atoms with Gasteiger partial charge in [-0.3, -0.25) is 14.3 Å². The lowest BCUT2D eigenvalue weighted by Crippen LogP contribution is -2.51. The van der Waals surface area contributed by atoms with Crippen molar-refractivity contribution in [1.82, 2.24) is 19.6 Å². The molecule has 0 bridgehead atoms. The van der Waals surface area contributed by atoms with Crippen molar-refractivity contribution >= 4 is 11.8 Å². The van der Waals surface area contributed by atoms with E-state index in [0.717, 1.165) is 0 Å². The molecule has 0 unspecified atom stereocenters. The van der Waals surface area contributed by atoms with E-state index in [1.54, 1.807) is 28.9 Å². The standard InChI is InChI=1S/C16H18F2N4O3/c1-11-9-12(15(17)18)19-22(11)10-14(23)20-4-6-21(7-5-20)16(24)13-3-2-8-25-13/h2-3,8-9,15H,4-7,10H2,1H3. The molecule has 0 radical (unpaired) electrons. The second-order valence-corrected chi connectivity index (χ2v) is 5.82. The molecule has 1 saturated heterocycles. The predicted molar refractivity (Wildman–Crippen MR) is 83.1 cm³/mol. The summed E-state index contributed by atoms with van der Waals surface area (Å²) >= 11 is 0. The van der Waals surface area contributed by atoms with Crippen LogP contribution in [-0.2, 0) is 11.3 Å². The molecule has 0 aliphatic carbocycles. The Hall–Kier alpha value is -2.71. The van der Waals surface area contributed by atoms with Gasteiger partial charge in [0.25, 0.3) is 12.3 Å². The molecule has 3 heterocycles. The molecule has 1 aliphatic rings. The summed E-state index contributed by atoms with van der Waals surface area (Å²) in [6.07, 6.45) is -1.22. The van der Waals surface area contributed by atoms with Crippen LogP contribution in [-0.4, -0.2) is 57.6 Å². The van der Waals surface area contributed by atoms with Gasteiger partial charge in [0.1, 0.15) is 12.2 Å². The summed E-state index contributed by atoms with van der Waals surface area (Å²) in [5.41, 5.74) is 0.175. The molecule has 25 heavy (non-hydrogen) atoms. The fourth-order valence-corrected chi connectivity index (χ4v) is 2.75. The number of aromatic nitrogens is 2. The maximum Gasteiger partial charge on any atom is 0.289 e. The average Bonchev–Trinajstić information content (AvgIpc) is 3.25. The van der Waals surface area contributed by atoms with E-state index >= 15 is 0 Å². The smallest absolute Gasteiger partial charge is 0.289 e. The van der Waals surface area contributed by atoms with Crippen molar-refractivity contribution in [3.05, 3.63) is 41.6 Å². The fourth-order valence-electron chi connectivity index (χ4n) is 2.75. The van der Waals surface area contributed by atoms with Crippen LogP contribution >= 0.6 is 0 Å². The first kappa shape index (κ1) is 17.1. The molecule has 0 atom stereocenters. The summed E-state index contributed by atoms with van der Waals surface area (Å²) in [6.45, 7) is 3.09. The number of nitrogens with zero attached hydrogens (tertiary/aromatic N) is 4. The highest BCUT2D eigenvalue weighted by Gasteiger charge is 2.26. The van der Waals surface area contributed by atoms with Crippen molar-refractivity contribution in [2.75, 3.05) is 26.2 Å². The highest BCUT2D eigenvalue weighted by atomic mass is 19.3. The Kier molecular flexibility index (Phi) is 4.82. The van der Waals surface area contributed by atoms with Gasteiger partial charge in [-0.2, -0.15) is 5.10 Å². The summed E-state index contributed by atoms with van der Waals surface area (Å²) in [5, 5.41) is 3.76. The van der Waals surface area contributed by atoms with Gasteiger partial charge in [0.15, 0.2) is 5.76 Å². The normalized spacial score (nSPS) is 15.0. The van der Waals surface area contributed by atoms with Crippen LogP contribution in [0.5, 0.6) is 0 Å². The van der Waals surface area contributed by atoms with Crippen LogP contribution in [0.25, 0.3) is 0 Å². The fraction of sp³-hybridized carbons (Fsp3) is 0.438. The first-order chi connectivity index (χ1) is 12.0. The van der Waals surface area contributed by atoms with Gasteiger partial charge in [-0.15, -0.1) is 0 Å². The molecule has 2 amide bonds. The van der Waals surface area contributed by atoms with Crippen LogP contribution in [0, 0.1) is 6.92 Å². The van der Waals surface area contributed by atoms with Gasteiger partial charge < -0.3 is 14.2 Å². The van der Waals surface area contributed by atoms with Gasteiger partial charge >= 0.3 is 0 Å². The van der Waals surface area contributed by atoms with Gasteiger partial charge in [-0.05, 0) is 25.1 Å². The Balaban J connectivity index is 1.56. The molecule has 9 heteroatoms.